The van der Waals surface area contributed by atoms with Gasteiger partial charge in [0.05, 0.1) is 23.3 Å². The van der Waals surface area contributed by atoms with Gasteiger partial charge in [-0.1, -0.05) is 24.3 Å². The van der Waals surface area contributed by atoms with Crippen LogP contribution < -0.4 is 0 Å². The van der Waals surface area contributed by atoms with E-state index in [1.54, 1.807) is 12.1 Å². The van der Waals surface area contributed by atoms with E-state index in [1.165, 1.54) is 44.2 Å². The smallest absolute Gasteiger partial charge is 0.299 e. The summed E-state index contributed by atoms with van der Waals surface area (Å²) in [4.78, 5) is 27.0. The fourth-order valence-electron chi connectivity index (χ4n) is 3.95. The molecule has 8 heteroatoms. The summed E-state index contributed by atoms with van der Waals surface area (Å²) < 4.78 is 40.1. The molecule has 0 saturated carbocycles. The lowest BCUT2D eigenvalue weighted by Gasteiger charge is -2.38. The highest BCUT2D eigenvalue weighted by Gasteiger charge is 2.45. The van der Waals surface area contributed by atoms with Gasteiger partial charge >= 0.3 is 6.18 Å². The highest BCUT2D eigenvalue weighted by molar-refractivity contribution is 6.04. The molecule has 5 nitrogen and oxygen atoms in total. The molecule has 0 saturated heterocycles. The minimum absolute atomic E-state index is 0.0640. The molecule has 0 aromatic heterocycles. The number of halogens is 3. The Labute approximate surface area is 183 Å². The van der Waals surface area contributed by atoms with E-state index in [0.29, 0.717) is 11.1 Å². The Balaban J connectivity index is 2.21. The van der Waals surface area contributed by atoms with Crippen LogP contribution >= 0.6 is 0 Å². The molecule has 1 heterocycles. The molecule has 162 valence electrons. The topological polar surface area (TPSA) is 85.0 Å². The number of Topliss-reactive ketones (excluding diaryl/α,β-unsaturated/α-hetero) is 1. The van der Waals surface area contributed by atoms with Crippen LogP contribution in [0.1, 0.15) is 37.3 Å². The molecule has 0 bridgehead atoms. The van der Waals surface area contributed by atoms with Crippen LogP contribution in [0.5, 0.6) is 0 Å². The van der Waals surface area contributed by atoms with Crippen LogP contribution in [-0.2, 0) is 9.59 Å². The van der Waals surface area contributed by atoms with Crippen LogP contribution in [0.25, 0.3) is 0 Å². The number of benzene rings is 1. The van der Waals surface area contributed by atoms with Gasteiger partial charge in [0.25, 0.3) is 0 Å². The summed E-state index contributed by atoms with van der Waals surface area (Å²) in [6.45, 7) is 2.69. The van der Waals surface area contributed by atoms with Crippen LogP contribution in [0, 0.1) is 28.6 Å². The molecule has 32 heavy (non-hydrogen) atoms. The standard InChI is InChI=1S/C24H18F3N3O2/c1-14-20(13-29)22(17-9-7-16(12-28)8-10-17)21(15(2)31)23(32)30(14)19-6-4-3-5-18(11-19)24(25,26)27/h3-4,6-11,21-22H,5H2,1-2H3. The molecule has 0 radical (unpaired) electrons. The van der Waals surface area contributed by atoms with Crippen LogP contribution in [0.4, 0.5) is 13.2 Å². The number of ketones is 1. The Bertz CT molecular complexity index is 1170. The maximum absolute atomic E-state index is 13.4. The third-order valence-electron chi connectivity index (χ3n) is 5.50. The lowest BCUT2D eigenvalue weighted by atomic mass is 9.74. The number of alkyl halides is 3. The van der Waals surface area contributed by atoms with Crippen molar-refractivity contribution >= 4 is 11.7 Å². The van der Waals surface area contributed by atoms with E-state index in [1.807, 2.05) is 12.1 Å². The average molecular weight is 437 g/mol. The predicted molar refractivity (Wildman–Crippen MR) is 109 cm³/mol. The largest absolute Gasteiger partial charge is 0.413 e. The fraction of sp³-hybridized carbons (Fsp3) is 0.250. The zero-order valence-electron chi connectivity index (χ0n) is 17.3. The van der Waals surface area contributed by atoms with Crippen molar-refractivity contribution in [2.24, 2.45) is 5.92 Å². The summed E-state index contributed by atoms with van der Waals surface area (Å²) in [5.74, 6) is -3.42. The van der Waals surface area contributed by atoms with Crippen molar-refractivity contribution < 1.29 is 22.8 Å². The highest BCUT2D eigenvalue weighted by Crippen LogP contribution is 2.43. The summed E-state index contributed by atoms with van der Waals surface area (Å²) in [6, 6.07) is 10.2. The van der Waals surface area contributed by atoms with Gasteiger partial charge in [-0.3, -0.25) is 14.5 Å². The fourth-order valence-corrected chi connectivity index (χ4v) is 3.95. The summed E-state index contributed by atoms with van der Waals surface area (Å²) in [5.41, 5.74) is 0.219. The van der Waals surface area contributed by atoms with Crippen molar-refractivity contribution in [3.63, 3.8) is 0 Å². The van der Waals surface area contributed by atoms with E-state index in [9.17, 15) is 28.0 Å². The normalized spacial score (nSPS) is 21.3. The summed E-state index contributed by atoms with van der Waals surface area (Å²) in [5, 5.41) is 18.9. The first-order valence-corrected chi connectivity index (χ1v) is 9.70. The van der Waals surface area contributed by atoms with Gasteiger partial charge in [0.1, 0.15) is 11.7 Å². The predicted octanol–water partition coefficient (Wildman–Crippen LogP) is 4.82. The molecule has 1 aliphatic carbocycles. The molecule has 0 spiro atoms. The third-order valence-corrected chi connectivity index (χ3v) is 5.50. The van der Waals surface area contributed by atoms with Gasteiger partial charge in [-0.05, 0) is 50.1 Å². The highest BCUT2D eigenvalue weighted by atomic mass is 19.4. The second-order valence-electron chi connectivity index (χ2n) is 7.48. The second kappa shape index (κ2) is 8.68. The third kappa shape index (κ3) is 4.13. The number of allylic oxidation sites excluding steroid dienone is 7. The molecule has 0 N–H and O–H groups in total. The van der Waals surface area contributed by atoms with E-state index in [0.717, 1.165) is 11.0 Å². The second-order valence-corrected chi connectivity index (χ2v) is 7.48. The number of carbonyl (C=O) groups excluding carboxylic acids is 2. The molecule has 1 aliphatic heterocycles. The lowest BCUT2D eigenvalue weighted by molar-refractivity contribution is -0.139. The van der Waals surface area contributed by atoms with E-state index >= 15 is 0 Å². The van der Waals surface area contributed by atoms with Gasteiger partial charge in [0, 0.05) is 22.9 Å². The summed E-state index contributed by atoms with van der Waals surface area (Å²) in [7, 11) is 0. The van der Waals surface area contributed by atoms with Gasteiger partial charge in [-0.15, -0.1) is 0 Å². The molecule has 1 aromatic rings. The number of nitriles is 2. The minimum atomic E-state index is -4.59. The first-order valence-electron chi connectivity index (χ1n) is 9.70. The zero-order valence-corrected chi connectivity index (χ0v) is 17.3. The monoisotopic (exact) mass is 437 g/mol. The lowest BCUT2D eigenvalue weighted by Crippen LogP contribution is -2.45. The van der Waals surface area contributed by atoms with E-state index < -0.39 is 35.3 Å². The molecule has 2 aliphatic rings. The van der Waals surface area contributed by atoms with Crippen molar-refractivity contribution in [1.29, 1.82) is 10.5 Å². The van der Waals surface area contributed by atoms with Crippen molar-refractivity contribution in [3.8, 4) is 12.1 Å². The van der Waals surface area contributed by atoms with E-state index in [-0.39, 0.29) is 23.4 Å². The van der Waals surface area contributed by atoms with Crippen LogP contribution in [0.3, 0.4) is 0 Å². The van der Waals surface area contributed by atoms with Crippen molar-refractivity contribution in [1.82, 2.24) is 4.90 Å². The summed E-state index contributed by atoms with van der Waals surface area (Å²) >= 11 is 0. The number of rotatable bonds is 3. The molecular formula is C24H18F3N3O2. The van der Waals surface area contributed by atoms with E-state index in [2.05, 4.69) is 0 Å². The summed E-state index contributed by atoms with van der Waals surface area (Å²) in [6.07, 6.45) is 0.0142. The Hall–Kier alpha value is -3.91. The molecule has 2 atom stereocenters. The van der Waals surface area contributed by atoms with Crippen molar-refractivity contribution in [3.05, 3.63) is 82.2 Å². The maximum atomic E-state index is 13.4. The molecular weight excluding hydrogens is 419 g/mol. The number of amides is 1. The molecule has 2 unspecified atom stereocenters. The van der Waals surface area contributed by atoms with E-state index in [4.69, 9.17) is 5.26 Å². The van der Waals surface area contributed by atoms with Crippen molar-refractivity contribution in [2.45, 2.75) is 32.4 Å². The van der Waals surface area contributed by atoms with Gasteiger partial charge < -0.3 is 0 Å². The molecule has 1 amide bonds. The van der Waals surface area contributed by atoms with Crippen LogP contribution in [0.2, 0.25) is 0 Å². The number of hydrogen-bond acceptors (Lipinski definition) is 4. The average Bonchev–Trinajstić information content (AvgIpc) is 2.99. The van der Waals surface area contributed by atoms with Gasteiger partial charge in [0.2, 0.25) is 5.91 Å². The van der Waals surface area contributed by atoms with Gasteiger partial charge in [0.15, 0.2) is 0 Å². The number of hydrogen-bond donors (Lipinski definition) is 0. The number of carbonyl (C=O) groups is 2. The Kier molecular flexibility index (Phi) is 6.18. The quantitative estimate of drug-likeness (QED) is 0.635. The minimum Gasteiger partial charge on any atom is -0.299 e. The Morgan fingerprint density at radius 3 is 2.34 bits per heavy atom. The SMILES string of the molecule is CC(=O)C1C(=O)N(C2=CC=CCC(C(F)(F)F)=C2)C(C)=C(C#N)C1c1ccc(C#N)cc1. The first-order chi connectivity index (χ1) is 15.1. The van der Waals surface area contributed by atoms with Crippen molar-refractivity contribution in [2.75, 3.05) is 0 Å². The number of nitrogens with zero attached hydrogens (tertiary/aromatic N) is 3. The first kappa shape index (κ1) is 22.8. The van der Waals surface area contributed by atoms with Crippen LogP contribution in [0.15, 0.2) is 71.1 Å². The van der Waals surface area contributed by atoms with Gasteiger partial charge in [-0.2, -0.15) is 23.7 Å². The Morgan fingerprint density at radius 1 is 1.16 bits per heavy atom. The Morgan fingerprint density at radius 2 is 1.81 bits per heavy atom. The zero-order chi connectivity index (χ0) is 23.6. The van der Waals surface area contributed by atoms with Crippen LogP contribution in [-0.4, -0.2) is 22.8 Å². The molecule has 0 fully saturated rings. The molecule has 1 aromatic carbocycles. The maximum Gasteiger partial charge on any atom is 0.413 e. The molecule has 3 rings (SSSR count). The van der Waals surface area contributed by atoms with Gasteiger partial charge in [-0.25, -0.2) is 0 Å².